The minimum atomic E-state index is -0.894. The summed E-state index contributed by atoms with van der Waals surface area (Å²) in [6, 6.07) is 9.55. The number of aromatic nitrogens is 3. The number of para-hydroxylation sites is 1. The molecule has 0 radical (unpaired) electrons. The van der Waals surface area contributed by atoms with Gasteiger partial charge in [0.05, 0.1) is 16.6 Å². The van der Waals surface area contributed by atoms with Gasteiger partial charge in [-0.1, -0.05) is 43.8 Å². The zero-order chi connectivity index (χ0) is 24.0. The molecular weight excluding hydrogens is 452 g/mol. The molecule has 1 aromatic heterocycles. The van der Waals surface area contributed by atoms with Crippen molar-refractivity contribution in [3.05, 3.63) is 64.5 Å². The molecule has 1 unspecified atom stereocenters. The van der Waals surface area contributed by atoms with Gasteiger partial charge in [-0.15, -0.1) is 10.2 Å². The van der Waals surface area contributed by atoms with Crippen molar-refractivity contribution in [3.8, 4) is 11.3 Å². The summed E-state index contributed by atoms with van der Waals surface area (Å²) < 4.78 is 26.9. The average molecular weight is 474 g/mol. The third kappa shape index (κ3) is 6.01. The van der Waals surface area contributed by atoms with E-state index in [9.17, 15) is 23.2 Å². The van der Waals surface area contributed by atoms with Crippen LogP contribution in [0.4, 0.5) is 20.2 Å². The summed E-state index contributed by atoms with van der Waals surface area (Å²) in [7, 11) is 0. The topological polar surface area (TPSA) is 117 Å². The maximum Gasteiger partial charge on any atom is 0.278 e. The second-order valence-corrected chi connectivity index (χ2v) is 8.07. The van der Waals surface area contributed by atoms with Gasteiger partial charge in [-0.2, -0.15) is 0 Å². The monoisotopic (exact) mass is 473 g/mol. The van der Waals surface area contributed by atoms with E-state index in [0.717, 1.165) is 23.9 Å². The lowest BCUT2D eigenvalue weighted by Gasteiger charge is -2.14. The first-order chi connectivity index (χ1) is 15.8. The molecule has 3 N–H and O–H groups in total. The van der Waals surface area contributed by atoms with Crippen molar-refractivity contribution in [2.75, 3.05) is 10.6 Å². The van der Waals surface area contributed by atoms with Gasteiger partial charge in [0.25, 0.3) is 5.56 Å². The first kappa shape index (κ1) is 24.1. The molecule has 0 aliphatic carbocycles. The zero-order valence-electron chi connectivity index (χ0n) is 17.8. The Morgan fingerprint density at radius 1 is 1.06 bits per heavy atom. The molecule has 11 heteroatoms. The Morgan fingerprint density at radius 3 is 2.48 bits per heavy atom. The molecule has 3 rings (SSSR count). The van der Waals surface area contributed by atoms with Gasteiger partial charge in [0.1, 0.15) is 11.6 Å². The molecule has 0 saturated heterocycles. The number of nitrogens with zero attached hydrogens (tertiary/aromatic N) is 2. The van der Waals surface area contributed by atoms with Gasteiger partial charge in [-0.25, -0.2) is 8.78 Å². The third-order valence-corrected chi connectivity index (χ3v) is 5.80. The van der Waals surface area contributed by atoms with Crippen molar-refractivity contribution in [2.45, 2.75) is 37.1 Å². The molecule has 1 atom stereocenters. The number of carbonyl (C=O) groups is 2. The third-order valence-electron chi connectivity index (χ3n) is 4.56. The molecule has 0 spiro atoms. The fraction of sp³-hybridized carbons (Fsp3) is 0.227. The molecule has 3 aromatic rings. The van der Waals surface area contributed by atoms with Crippen LogP contribution in [0, 0.1) is 11.6 Å². The maximum atomic E-state index is 13.8. The Hall–Kier alpha value is -3.60. The Labute approximate surface area is 192 Å². The van der Waals surface area contributed by atoms with E-state index in [2.05, 4.69) is 25.8 Å². The van der Waals surface area contributed by atoms with E-state index in [0.29, 0.717) is 23.7 Å². The highest BCUT2D eigenvalue weighted by atomic mass is 32.2. The highest BCUT2D eigenvalue weighted by Gasteiger charge is 2.22. The van der Waals surface area contributed by atoms with Crippen LogP contribution in [-0.2, 0) is 9.59 Å². The van der Waals surface area contributed by atoms with E-state index in [1.807, 2.05) is 0 Å². The summed E-state index contributed by atoms with van der Waals surface area (Å²) in [5, 5.41) is 12.5. The fourth-order valence-electron chi connectivity index (χ4n) is 2.85. The number of rotatable bonds is 8. The predicted molar refractivity (Wildman–Crippen MR) is 122 cm³/mol. The number of nitrogens with one attached hydrogen (secondary N) is 3. The highest BCUT2D eigenvalue weighted by Crippen LogP contribution is 2.26. The second-order valence-electron chi connectivity index (χ2n) is 6.88. The Bertz CT molecular complexity index is 1230. The van der Waals surface area contributed by atoms with Crippen molar-refractivity contribution in [3.63, 3.8) is 0 Å². The SMILES string of the molecule is CCC(=O)Nc1ccccc1-c1nnc(SC(CC)C(=O)Nc2ccc(F)cc2F)[nH]c1=O. The van der Waals surface area contributed by atoms with Crippen LogP contribution in [0.15, 0.2) is 52.4 Å². The van der Waals surface area contributed by atoms with E-state index in [-0.39, 0.29) is 28.9 Å². The number of thioether (sulfide) groups is 1. The van der Waals surface area contributed by atoms with Crippen molar-refractivity contribution in [2.24, 2.45) is 0 Å². The van der Waals surface area contributed by atoms with Gasteiger partial charge in [0.2, 0.25) is 11.8 Å². The molecule has 2 aromatic carbocycles. The Morgan fingerprint density at radius 2 is 1.82 bits per heavy atom. The first-order valence-electron chi connectivity index (χ1n) is 10.1. The zero-order valence-corrected chi connectivity index (χ0v) is 18.6. The highest BCUT2D eigenvalue weighted by molar-refractivity contribution is 8.00. The molecule has 8 nitrogen and oxygen atoms in total. The molecule has 0 aliphatic heterocycles. The molecular formula is C22H21F2N5O3S. The predicted octanol–water partition coefficient (Wildman–Crippen LogP) is 3.97. The van der Waals surface area contributed by atoms with Gasteiger partial charge >= 0.3 is 0 Å². The van der Waals surface area contributed by atoms with Gasteiger partial charge in [0, 0.05) is 18.1 Å². The summed E-state index contributed by atoms with van der Waals surface area (Å²) in [6.07, 6.45) is 0.616. The molecule has 1 heterocycles. The van der Waals surface area contributed by atoms with Crippen LogP contribution in [0.3, 0.4) is 0 Å². The smallest absolute Gasteiger partial charge is 0.278 e. The molecule has 0 bridgehead atoms. The minimum Gasteiger partial charge on any atom is -0.325 e. The maximum absolute atomic E-state index is 13.8. The van der Waals surface area contributed by atoms with E-state index >= 15 is 0 Å². The van der Waals surface area contributed by atoms with Crippen LogP contribution in [0.1, 0.15) is 26.7 Å². The van der Waals surface area contributed by atoms with E-state index in [1.165, 1.54) is 0 Å². The largest absolute Gasteiger partial charge is 0.325 e. The van der Waals surface area contributed by atoms with Gasteiger partial charge in [-0.3, -0.25) is 19.4 Å². The lowest BCUT2D eigenvalue weighted by atomic mass is 10.1. The first-order valence-corrected chi connectivity index (χ1v) is 11.0. The van der Waals surface area contributed by atoms with Crippen LogP contribution >= 0.6 is 11.8 Å². The number of H-pyrrole nitrogens is 1. The van der Waals surface area contributed by atoms with Crippen molar-refractivity contribution in [1.82, 2.24) is 15.2 Å². The quantitative estimate of drug-likeness (QED) is 0.426. The van der Waals surface area contributed by atoms with E-state index < -0.39 is 28.4 Å². The molecule has 2 amide bonds. The van der Waals surface area contributed by atoms with Crippen LogP contribution in [0.2, 0.25) is 0 Å². The van der Waals surface area contributed by atoms with Gasteiger partial charge in [-0.05, 0) is 24.6 Å². The summed E-state index contributed by atoms with van der Waals surface area (Å²) in [5.41, 5.74) is 0.141. The second kappa shape index (κ2) is 10.8. The van der Waals surface area contributed by atoms with E-state index in [4.69, 9.17) is 0 Å². The molecule has 0 fully saturated rings. The van der Waals surface area contributed by atoms with Crippen molar-refractivity contribution in [1.29, 1.82) is 0 Å². The van der Waals surface area contributed by atoms with Crippen LogP contribution in [-0.4, -0.2) is 32.2 Å². The Balaban J connectivity index is 1.79. The summed E-state index contributed by atoms with van der Waals surface area (Å²) in [6.45, 7) is 3.45. The van der Waals surface area contributed by atoms with Crippen LogP contribution < -0.4 is 16.2 Å². The number of halogens is 2. The summed E-state index contributed by atoms with van der Waals surface area (Å²) in [5.74, 6) is -2.40. The molecule has 33 heavy (non-hydrogen) atoms. The van der Waals surface area contributed by atoms with Crippen molar-refractivity contribution >= 4 is 35.0 Å². The number of benzene rings is 2. The number of anilines is 2. The normalized spacial score (nSPS) is 11.6. The summed E-state index contributed by atoms with van der Waals surface area (Å²) >= 11 is 0.954. The lowest BCUT2D eigenvalue weighted by Crippen LogP contribution is -2.26. The number of carbonyl (C=O) groups excluding carboxylic acids is 2. The number of hydrogen-bond acceptors (Lipinski definition) is 6. The number of aromatic amines is 1. The Kier molecular flexibility index (Phi) is 7.88. The molecule has 0 aliphatic rings. The summed E-state index contributed by atoms with van der Waals surface area (Å²) in [4.78, 5) is 39.6. The molecule has 0 saturated carbocycles. The van der Waals surface area contributed by atoms with Crippen LogP contribution in [0.25, 0.3) is 11.3 Å². The average Bonchev–Trinajstić information content (AvgIpc) is 2.79. The van der Waals surface area contributed by atoms with Crippen molar-refractivity contribution < 1.29 is 18.4 Å². The lowest BCUT2D eigenvalue weighted by molar-refractivity contribution is -0.116. The van der Waals surface area contributed by atoms with Crippen LogP contribution in [0.5, 0.6) is 0 Å². The fourth-order valence-corrected chi connectivity index (χ4v) is 3.69. The van der Waals surface area contributed by atoms with Gasteiger partial charge in [0.15, 0.2) is 10.9 Å². The number of hydrogen-bond donors (Lipinski definition) is 3. The standard InChI is InChI=1S/C22H21F2N5O3S/c1-3-17(20(31)26-16-10-9-12(23)11-14(16)24)33-22-27-21(32)19(28-29-22)13-7-5-6-8-15(13)25-18(30)4-2/h5-11,17H,3-4H2,1-2H3,(H,25,30)(H,26,31)(H,27,29,32). The number of amides is 2. The van der Waals surface area contributed by atoms with Gasteiger partial charge < -0.3 is 10.6 Å². The molecule has 172 valence electrons. The minimum absolute atomic E-state index is 0.0113. The van der Waals surface area contributed by atoms with E-state index in [1.54, 1.807) is 38.1 Å².